The van der Waals surface area contributed by atoms with Gasteiger partial charge in [0.2, 0.25) is 0 Å². The molecule has 1 saturated heterocycles. The standard InChI is InChI=1S/C14H19F3N2S/c1-10-9-20-6-5-19(10)13(8-18)11-3-2-4-12(7-11)14(15,16)17/h2-4,7,10,13H,5-6,8-9,18H2,1H3. The summed E-state index contributed by atoms with van der Waals surface area (Å²) in [6.07, 6.45) is -4.31. The molecule has 2 unspecified atom stereocenters. The molecule has 6 heteroatoms. The van der Waals surface area contributed by atoms with E-state index in [1.165, 1.54) is 12.1 Å². The molecule has 0 saturated carbocycles. The van der Waals surface area contributed by atoms with Gasteiger partial charge in [-0.2, -0.15) is 24.9 Å². The van der Waals surface area contributed by atoms with Crippen LogP contribution in [0.3, 0.4) is 0 Å². The summed E-state index contributed by atoms with van der Waals surface area (Å²) in [5.74, 6) is 2.00. The molecule has 2 nitrogen and oxygen atoms in total. The van der Waals surface area contributed by atoms with Crippen LogP contribution < -0.4 is 5.73 Å². The Morgan fingerprint density at radius 1 is 1.45 bits per heavy atom. The average Bonchev–Trinajstić information content (AvgIpc) is 2.41. The SMILES string of the molecule is CC1CSCCN1C(CN)c1cccc(C(F)(F)F)c1. The van der Waals surface area contributed by atoms with Crippen LogP contribution >= 0.6 is 11.8 Å². The summed E-state index contributed by atoms with van der Waals surface area (Å²) in [4.78, 5) is 2.21. The number of rotatable bonds is 3. The number of alkyl halides is 3. The van der Waals surface area contributed by atoms with Crippen molar-refractivity contribution < 1.29 is 13.2 Å². The third kappa shape index (κ3) is 3.48. The van der Waals surface area contributed by atoms with Gasteiger partial charge in [0.15, 0.2) is 0 Å². The molecule has 0 spiro atoms. The molecule has 20 heavy (non-hydrogen) atoms. The lowest BCUT2D eigenvalue weighted by Crippen LogP contribution is -2.45. The predicted molar refractivity (Wildman–Crippen MR) is 76.7 cm³/mol. The van der Waals surface area contributed by atoms with Crippen molar-refractivity contribution in [1.29, 1.82) is 0 Å². The third-order valence-corrected chi connectivity index (χ3v) is 4.83. The first-order valence-corrected chi connectivity index (χ1v) is 7.79. The van der Waals surface area contributed by atoms with Crippen molar-refractivity contribution in [2.45, 2.75) is 25.2 Å². The first-order chi connectivity index (χ1) is 9.43. The summed E-state index contributed by atoms with van der Waals surface area (Å²) in [5.41, 5.74) is 5.88. The van der Waals surface area contributed by atoms with E-state index in [9.17, 15) is 13.2 Å². The van der Waals surface area contributed by atoms with Crippen LogP contribution in [0.15, 0.2) is 24.3 Å². The van der Waals surface area contributed by atoms with E-state index >= 15 is 0 Å². The fourth-order valence-corrected chi connectivity index (χ4v) is 3.63. The lowest BCUT2D eigenvalue weighted by atomic mass is 10.0. The van der Waals surface area contributed by atoms with Gasteiger partial charge in [-0.15, -0.1) is 0 Å². The van der Waals surface area contributed by atoms with E-state index < -0.39 is 11.7 Å². The lowest BCUT2D eigenvalue weighted by Gasteiger charge is -2.39. The molecule has 112 valence electrons. The average molecular weight is 304 g/mol. The Morgan fingerprint density at radius 3 is 2.80 bits per heavy atom. The largest absolute Gasteiger partial charge is 0.416 e. The van der Waals surface area contributed by atoms with E-state index in [2.05, 4.69) is 11.8 Å². The normalized spacial score (nSPS) is 22.8. The van der Waals surface area contributed by atoms with Gasteiger partial charge in [0.25, 0.3) is 0 Å². The van der Waals surface area contributed by atoms with Gasteiger partial charge in [0.1, 0.15) is 0 Å². The summed E-state index contributed by atoms with van der Waals surface area (Å²) >= 11 is 1.87. The zero-order valence-electron chi connectivity index (χ0n) is 11.4. The van der Waals surface area contributed by atoms with Crippen LogP contribution in [0, 0.1) is 0 Å². The van der Waals surface area contributed by atoms with Crippen molar-refractivity contribution in [2.24, 2.45) is 5.73 Å². The minimum atomic E-state index is -4.31. The van der Waals surface area contributed by atoms with E-state index in [-0.39, 0.29) is 6.04 Å². The van der Waals surface area contributed by atoms with Crippen molar-refractivity contribution in [2.75, 3.05) is 24.6 Å². The van der Waals surface area contributed by atoms with Crippen molar-refractivity contribution in [3.05, 3.63) is 35.4 Å². The molecule has 1 aromatic rings. The third-order valence-electron chi connectivity index (χ3n) is 3.64. The summed E-state index contributed by atoms with van der Waals surface area (Å²) in [6, 6.07) is 5.72. The second kappa shape index (κ2) is 6.37. The number of nitrogens with zero attached hydrogens (tertiary/aromatic N) is 1. The quantitative estimate of drug-likeness (QED) is 0.930. The minimum Gasteiger partial charge on any atom is -0.329 e. The number of benzene rings is 1. The second-order valence-corrected chi connectivity index (χ2v) is 6.19. The second-order valence-electron chi connectivity index (χ2n) is 5.04. The molecular formula is C14H19F3N2S. The lowest BCUT2D eigenvalue weighted by molar-refractivity contribution is -0.137. The van der Waals surface area contributed by atoms with E-state index in [0.29, 0.717) is 18.2 Å². The fraction of sp³-hybridized carbons (Fsp3) is 0.571. The smallest absolute Gasteiger partial charge is 0.329 e. The minimum absolute atomic E-state index is 0.145. The Kier molecular flexibility index (Phi) is 4.99. The van der Waals surface area contributed by atoms with Gasteiger partial charge < -0.3 is 5.73 Å². The molecule has 0 aliphatic carbocycles. The number of thioether (sulfide) groups is 1. The van der Waals surface area contributed by atoms with E-state index in [1.54, 1.807) is 6.07 Å². The molecule has 2 atom stereocenters. The summed E-state index contributed by atoms with van der Waals surface area (Å²) in [5, 5.41) is 0. The molecule has 1 aliphatic heterocycles. The molecule has 0 amide bonds. The van der Waals surface area contributed by atoms with Gasteiger partial charge in [-0.3, -0.25) is 4.90 Å². The van der Waals surface area contributed by atoms with Crippen molar-refractivity contribution in [3.8, 4) is 0 Å². The highest BCUT2D eigenvalue weighted by Gasteiger charge is 2.32. The van der Waals surface area contributed by atoms with E-state index in [4.69, 9.17) is 5.73 Å². The molecule has 1 aliphatic rings. The van der Waals surface area contributed by atoms with Crippen LogP contribution in [0.1, 0.15) is 24.1 Å². The molecule has 0 bridgehead atoms. The zero-order valence-corrected chi connectivity index (χ0v) is 12.2. The molecular weight excluding hydrogens is 285 g/mol. The molecule has 1 heterocycles. The van der Waals surface area contributed by atoms with Crippen LogP contribution in [0.5, 0.6) is 0 Å². The maximum absolute atomic E-state index is 12.8. The molecule has 1 aromatic carbocycles. The Balaban J connectivity index is 2.27. The van der Waals surface area contributed by atoms with Gasteiger partial charge >= 0.3 is 6.18 Å². The first-order valence-electron chi connectivity index (χ1n) is 6.64. The van der Waals surface area contributed by atoms with Crippen molar-refractivity contribution in [1.82, 2.24) is 4.90 Å². The topological polar surface area (TPSA) is 29.3 Å². The summed E-state index contributed by atoms with van der Waals surface area (Å²) in [7, 11) is 0. The van der Waals surface area contributed by atoms with E-state index in [1.807, 2.05) is 11.8 Å². The number of hydrogen-bond acceptors (Lipinski definition) is 3. The van der Waals surface area contributed by atoms with Gasteiger partial charge in [0, 0.05) is 36.7 Å². The van der Waals surface area contributed by atoms with Crippen molar-refractivity contribution in [3.63, 3.8) is 0 Å². The van der Waals surface area contributed by atoms with Crippen molar-refractivity contribution >= 4 is 11.8 Å². The highest BCUT2D eigenvalue weighted by molar-refractivity contribution is 7.99. The molecule has 0 aromatic heterocycles. The Labute approximate surface area is 121 Å². The number of hydrogen-bond donors (Lipinski definition) is 1. The first kappa shape index (κ1) is 15.7. The summed E-state index contributed by atoms with van der Waals surface area (Å²) < 4.78 is 38.4. The van der Waals surface area contributed by atoms with Gasteiger partial charge in [-0.05, 0) is 24.6 Å². The fourth-order valence-electron chi connectivity index (χ4n) is 2.59. The highest BCUT2D eigenvalue weighted by atomic mass is 32.2. The van der Waals surface area contributed by atoms with Gasteiger partial charge in [0.05, 0.1) is 5.56 Å². The highest BCUT2D eigenvalue weighted by Crippen LogP contribution is 2.33. The maximum Gasteiger partial charge on any atom is 0.416 e. The Bertz CT molecular complexity index is 450. The number of nitrogens with two attached hydrogens (primary N) is 1. The predicted octanol–water partition coefficient (Wildman–Crippen LogP) is 3.14. The van der Waals surface area contributed by atoms with Crippen LogP contribution in [0.2, 0.25) is 0 Å². The molecule has 2 rings (SSSR count). The van der Waals surface area contributed by atoms with Crippen LogP contribution in [-0.4, -0.2) is 35.5 Å². The maximum atomic E-state index is 12.8. The molecule has 0 radical (unpaired) electrons. The van der Waals surface area contributed by atoms with Crippen LogP contribution in [0.4, 0.5) is 13.2 Å². The van der Waals surface area contributed by atoms with Crippen LogP contribution in [0.25, 0.3) is 0 Å². The Morgan fingerprint density at radius 2 is 2.20 bits per heavy atom. The van der Waals surface area contributed by atoms with Gasteiger partial charge in [-0.25, -0.2) is 0 Å². The monoisotopic (exact) mass is 304 g/mol. The van der Waals surface area contributed by atoms with Crippen LogP contribution in [-0.2, 0) is 6.18 Å². The van der Waals surface area contributed by atoms with E-state index in [0.717, 1.165) is 24.1 Å². The number of halogens is 3. The molecule has 2 N–H and O–H groups in total. The zero-order chi connectivity index (χ0) is 14.8. The van der Waals surface area contributed by atoms with Gasteiger partial charge in [-0.1, -0.05) is 12.1 Å². The summed E-state index contributed by atoms with van der Waals surface area (Å²) in [6.45, 7) is 3.29. The Hall–Kier alpha value is -0.720. The molecule has 1 fully saturated rings.